The summed E-state index contributed by atoms with van der Waals surface area (Å²) in [5, 5.41) is 4.40. The molecule has 0 unspecified atom stereocenters. The maximum Gasteiger partial charge on any atom is 0.179 e. The number of nitrogens with zero attached hydrogens (tertiary/aromatic N) is 4. The molecule has 2 N–H and O–H groups in total. The van der Waals surface area contributed by atoms with Gasteiger partial charge in [-0.25, -0.2) is 14.6 Å². The first-order valence-corrected chi connectivity index (χ1v) is 6.80. The Balaban J connectivity index is 1.76. The molecule has 0 bridgehead atoms. The fraction of sp³-hybridized carbons (Fsp3) is 0.615. The summed E-state index contributed by atoms with van der Waals surface area (Å²) in [7, 11) is 0. The fourth-order valence-electron chi connectivity index (χ4n) is 2.60. The van der Waals surface area contributed by atoms with Crippen molar-refractivity contribution >= 4 is 17.0 Å². The predicted octanol–water partition coefficient (Wildman–Crippen LogP) is 2.09. The Kier molecular flexibility index (Phi) is 2.10. The van der Waals surface area contributed by atoms with Gasteiger partial charge in [-0.05, 0) is 31.6 Å². The van der Waals surface area contributed by atoms with E-state index in [1.54, 1.807) is 0 Å². The number of hydrogen-bond donors (Lipinski definition) is 1. The monoisotopic (exact) mass is 243 g/mol. The quantitative estimate of drug-likeness (QED) is 0.896. The van der Waals surface area contributed by atoms with Crippen LogP contribution >= 0.6 is 0 Å². The average molecular weight is 243 g/mol. The van der Waals surface area contributed by atoms with Gasteiger partial charge in [0.25, 0.3) is 0 Å². The summed E-state index contributed by atoms with van der Waals surface area (Å²) in [6, 6.07) is 0. The highest BCUT2D eigenvalue weighted by Gasteiger charge is 2.27. The van der Waals surface area contributed by atoms with Crippen molar-refractivity contribution in [1.82, 2.24) is 19.7 Å². The largest absolute Gasteiger partial charge is 0.380 e. The summed E-state index contributed by atoms with van der Waals surface area (Å²) in [5.41, 5.74) is 8.67. The third kappa shape index (κ3) is 1.57. The van der Waals surface area contributed by atoms with Gasteiger partial charge < -0.3 is 5.73 Å². The lowest BCUT2D eigenvalue weighted by Gasteiger charge is -2.24. The molecule has 0 saturated heterocycles. The Morgan fingerprint density at radius 2 is 2.11 bits per heavy atom. The lowest BCUT2D eigenvalue weighted by atomic mass is 9.85. The van der Waals surface area contributed by atoms with Gasteiger partial charge in [-0.15, -0.1) is 0 Å². The molecule has 0 spiro atoms. The first kappa shape index (κ1) is 10.3. The number of fused-ring (bicyclic) bond motifs is 1. The number of aromatic nitrogens is 4. The number of nitrogen functional groups attached to an aromatic ring is 1. The molecule has 4 rings (SSSR count). The minimum Gasteiger partial charge on any atom is -0.380 e. The highest BCUT2D eigenvalue weighted by molar-refractivity contribution is 5.81. The van der Waals surface area contributed by atoms with Crippen LogP contribution < -0.4 is 5.73 Å². The molecule has 0 aliphatic heterocycles. The van der Waals surface area contributed by atoms with Crippen LogP contribution in [0.5, 0.6) is 0 Å². The van der Waals surface area contributed by atoms with Crippen LogP contribution in [-0.4, -0.2) is 19.7 Å². The fourth-order valence-corrected chi connectivity index (χ4v) is 2.60. The van der Waals surface area contributed by atoms with E-state index < -0.39 is 0 Å². The highest BCUT2D eigenvalue weighted by Crippen LogP contribution is 2.39. The zero-order valence-corrected chi connectivity index (χ0v) is 10.3. The van der Waals surface area contributed by atoms with E-state index in [2.05, 4.69) is 10.1 Å². The lowest BCUT2D eigenvalue weighted by Crippen LogP contribution is -2.19. The van der Waals surface area contributed by atoms with Crippen LogP contribution in [0.2, 0.25) is 0 Å². The molecule has 2 saturated carbocycles. The Morgan fingerprint density at radius 3 is 2.78 bits per heavy atom. The summed E-state index contributed by atoms with van der Waals surface area (Å²) in [6.07, 6.45) is 8.30. The van der Waals surface area contributed by atoms with Crippen LogP contribution in [0.1, 0.15) is 43.7 Å². The SMILES string of the molecule is Nc1nn(CC2CCC2)c2nc(C3CC3)cnc12. The molecule has 0 amide bonds. The normalized spacial score (nSPS) is 20.2. The van der Waals surface area contributed by atoms with Gasteiger partial charge in [-0.2, -0.15) is 5.10 Å². The molecule has 2 fully saturated rings. The van der Waals surface area contributed by atoms with Crippen molar-refractivity contribution in [3.63, 3.8) is 0 Å². The molecule has 2 aromatic rings. The van der Waals surface area contributed by atoms with E-state index in [1.165, 1.54) is 32.1 Å². The van der Waals surface area contributed by atoms with Gasteiger partial charge in [0.05, 0.1) is 5.69 Å². The van der Waals surface area contributed by atoms with E-state index >= 15 is 0 Å². The zero-order chi connectivity index (χ0) is 12.1. The summed E-state index contributed by atoms with van der Waals surface area (Å²) >= 11 is 0. The second-order valence-corrected chi connectivity index (χ2v) is 5.61. The smallest absolute Gasteiger partial charge is 0.179 e. The Bertz CT molecular complexity index is 595. The van der Waals surface area contributed by atoms with Gasteiger partial charge in [0.2, 0.25) is 0 Å². The zero-order valence-electron chi connectivity index (χ0n) is 10.3. The molecular formula is C13H17N5. The number of hydrogen-bond acceptors (Lipinski definition) is 4. The second-order valence-electron chi connectivity index (χ2n) is 5.61. The van der Waals surface area contributed by atoms with Crippen molar-refractivity contribution in [2.45, 2.75) is 44.6 Å². The van der Waals surface area contributed by atoms with Crippen LogP contribution in [0, 0.1) is 5.92 Å². The Morgan fingerprint density at radius 1 is 1.28 bits per heavy atom. The molecule has 5 nitrogen and oxygen atoms in total. The highest BCUT2D eigenvalue weighted by atomic mass is 15.3. The maximum atomic E-state index is 5.92. The van der Waals surface area contributed by atoms with Crippen molar-refractivity contribution in [1.29, 1.82) is 0 Å². The summed E-state index contributed by atoms with van der Waals surface area (Å²) in [5.74, 6) is 1.88. The molecule has 18 heavy (non-hydrogen) atoms. The molecule has 2 heterocycles. The van der Waals surface area contributed by atoms with Crippen LogP contribution in [0.4, 0.5) is 5.82 Å². The number of rotatable bonds is 3. The van der Waals surface area contributed by atoms with Gasteiger partial charge in [-0.3, -0.25) is 0 Å². The van der Waals surface area contributed by atoms with Crippen molar-refractivity contribution in [3.8, 4) is 0 Å². The molecule has 5 heteroatoms. The van der Waals surface area contributed by atoms with Crippen molar-refractivity contribution < 1.29 is 0 Å². The van der Waals surface area contributed by atoms with E-state index in [0.29, 0.717) is 11.7 Å². The molecule has 2 aromatic heterocycles. The van der Waals surface area contributed by atoms with E-state index in [9.17, 15) is 0 Å². The van der Waals surface area contributed by atoms with Crippen molar-refractivity contribution in [2.75, 3.05) is 5.73 Å². The molecule has 0 atom stereocenters. The Labute approximate surface area is 105 Å². The third-order valence-electron chi connectivity index (χ3n) is 4.14. The summed E-state index contributed by atoms with van der Waals surface area (Å²) < 4.78 is 1.97. The van der Waals surface area contributed by atoms with Gasteiger partial charge in [0.15, 0.2) is 17.0 Å². The van der Waals surface area contributed by atoms with E-state index in [4.69, 9.17) is 10.7 Å². The molecule has 2 aliphatic rings. The minimum absolute atomic E-state index is 0.513. The van der Waals surface area contributed by atoms with Gasteiger partial charge in [0, 0.05) is 18.7 Å². The minimum atomic E-state index is 0.513. The molecule has 0 radical (unpaired) electrons. The molecule has 94 valence electrons. The molecule has 0 aromatic carbocycles. The lowest BCUT2D eigenvalue weighted by molar-refractivity contribution is 0.269. The van der Waals surface area contributed by atoms with Crippen LogP contribution in [0.3, 0.4) is 0 Å². The number of anilines is 1. The standard InChI is InChI=1S/C13H17N5/c14-12-11-13(16-10(6-15-11)9-4-5-9)18(17-12)7-8-2-1-3-8/h6,8-9H,1-5,7H2,(H2,14,17). The van der Waals surface area contributed by atoms with Crippen LogP contribution in [-0.2, 0) is 6.54 Å². The van der Waals surface area contributed by atoms with Crippen LogP contribution in [0.15, 0.2) is 6.20 Å². The predicted molar refractivity (Wildman–Crippen MR) is 69.1 cm³/mol. The molecular weight excluding hydrogens is 226 g/mol. The summed E-state index contributed by atoms with van der Waals surface area (Å²) in [4.78, 5) is 9.17. The van der Waals surface area contributed by atoms with Crippen molar-refractivity contribution in [3.05, 3.63) is 11.9 Å². The van der Waals surface area contributed by atoms with E-state index in [-0.39, 0.29) is 0 Å². The molecule has 2 aliphatic carbocycles. The summed E-state index contributed by atoms with van der Waals surface area (Å²) in [6.45, 7) is 0.941. The topological polar surface area (TPSA) is 69.6 Å². The first-order valence-electron chi connectivity index (χ1n) is 6.80. The van der Waals surface area contributed by atoms with E-state index in [0.717, 1.165) is 29.3 Å². The van der Waals surface area contributed by atoms with E-state index in [1.807, 2.05) is 10.9 Å². The van der Waals surface area contributed by atoms with Gasteiger partial charge in [0.1, 0.15) is 0 Å². The van der Waals surface area contributed by atoms with Gasteiger partial charge in [-0.1, -0.05) is 6.42 Å². The third-order valence-corrected chi connectivity index (χ3v) is 4.14. The average Bonchev–Trinajstić information content (AvgIpc) is 3.11. The van der Waals surface area contributed by atoms with Gasteiger partial charge >= 0.3 is 0 Å². The van der Waals surface area contributed by atoms with Crippen molar-refractivity contribution in [2.24, 2.45) is 5.92 Å². The Hall–Kier alpha value is -1.65. The van der Waals surface area contributed by atoms with Crippen LogP contribution in [0.25, 0.3) is 11.2 Å². The number of nitrogens with two attached hydrogens (primary N) is 1. The second kappa shape index (κ2) is 3.67. The maximum absolute atomic E-state index is 5.92. The first-order chi connectivity index (χ1) is 8.81.